The van der Waals surface area contributed by atoms with Gasteiger partial charge in [-0.2, -0.15) is 0 Å². The summed E-state index contributed by atoms with van der Waals surface area (Å²) in [6, 6.07) is 73.7. The van der Waals surface area contributed by atoms with Gasteiger partial charge in [0.15, 0.2) is 40.5 Å². The highest BCUT2D eigenvalue weighted by Gasteiger charge is 2.47. The van der Waals surface area contributed by atoms with Gasteiger partial charge >= 0.3 is 0 Å². The lowest BCUT2D eigenvalue weighted by Gasteiger charge is -2.34. The van der Waals surface area contributed by atoms with E-state index >= 15 is 0 Å². The second-order valence-electron chi connectivity index (χ2n) is 15.5. The van der Waals surface area contributed by atoms with E-state index in [1.165, 1.54) is 27.8 Å². The highest BCUT2D eigenvalue weighted by molar-refractivity contribution is 5.95. The average molecular weight is 782 g/mol. The van der Waals surface area contributed by atoms with Gasteiger partial charge in [0.05, 0.1) is 5.41 Å². The fourth-order valence-corrected chi connectivity index (χ4v) is 9.33. The Morgan fingerprint density at radius 1 is 0.328 bits per heavy atom. The molecular formula is C56H35N3O2. The largest absolute Gasteiger partial charge is 0.449 e. The molecule has 9 aromatic carbocycles. The fourth-order valence-electron chi connectivity index (χ4n) is 9.33. The number of fused-ring (bicyclic) bond motifs is 6. The fraction of sp³-hybridized carbons (Fsp3) is 0.0179. The Hall–Kier alpha value is -8.15. The summed E-state index contributed by atoms with van der Waals surface area (Å²) in [5.41, 5.74) is 11.3. The Morgan fingerprint density at radius 3 is 1.62 bits per heavy atom. The van der Waals surface area contributed by atoms with E-state index in [-0.39, 0.29) is 0 Å². The normalized spacial score (nSPS) is 13.0. The maximum Gasteiger partial charge on any atom is 0.177 e. The van der Waals surface area contributed by atoms with Crippen molar-refractivity contribution in [3.05, 3.63) is 235 Å². The standard InChI is InChI=1S/C56H35N3O2/c1-4-17-38(18-5-1)53-57-54(59-55(58-53)45-27-14-19-36-16-10-11-24-42(36)45)39-32-30-37(31-33-39)43-26-15-29-49-52(43)61-50-34-46-44-25-12-13-28-47(44)56(40-20-6-2-7-21-40,41-22-8-3-9-23-41)48(46)35-51(50)60-49/h1-35H. The third-order valence-electron chi connectivity index (χ3n) is 12.1. The molecule has 5 heteroatoms. The van der Waals surface area contributed by atoms with Gasteiger partial charge in [0.25, 0.3) is 0 Å². The molecule has 0 bridgehead atoms. The molecule has 12 rings (SSSR count). The summed E-state index contributed by atoms with van der Waals surface area (Å²) in [6.45, 7) is 0. The van der Waals surface area contributed by atoms with Crippen LogP contribution in [0.3, 0.4) is 0 Å². The summed E-state index contributed by atoms with van der Waals surface area (Å²) in [7, 11) is 0. The molecular weight excluding hydrogens is 747 g/mol. The number of hydrogen-bond acceptors (Lipinski definition) is 5. The molecule has 2 heterocycles. The number of ether oxygens (including phenoxy) is 2. The zero-order valence-corrected chi connectivity index (χ0v) is 32.9. The average Bonchev–Trinajstić information content (AvgIpc) is 3.62. The van der Waals surface area contributed by atoms with Gasteiger partial charge < -0.3 is 9.47 Å². The van der Waals surface area contributed by atoms with Gasteiger partial charge in [0.2, 0.25) is 0 Å². The van der Waals surface area contributed by atoms with Crippen LogP contribution >= 0.6 is 0 Å². The van der Waals surface area contributed by atoms with Crippen LogP contribution in [0.1, 0.15) is 22.3 Å². The van der Waals surface area contributed by atoms with Crippen molar-refractivity contribution in [1.82, 2.24) is 15.0 Å². The first-order valence-electron chi connectivity index (χ1n) is 20.5. The van der Waals surface area contributed by atoms with Crippen LogP contribution in [-0.4, -0.2) is 15.0 Å². The zero-order valence-electron chi connectivity index (χ0n) is 32.9. The molecule has 0 amide bonds. The van der Waals surface area contributed by atoms with Crippen LogP contribution in [0.4, 0.5) is 0 Å². The molecule has 1 aliphatic heterocycles. The molecule has 5 nitrogen and oxygen atoms in total. The van der Waals surface area contributed by atoms with Crippen LogP contribution < -0.4 is 9.47 Å². The van der Waals surface area contributed by atoms with E-state index in [1.54, 1.807) is 0 Å². The molecule has 0 fully saturated rings. The van der Waals surface area contributed by atoms with E-state index in [2.05, 4.69) is 164 Å². The highest BCUT2D eigenvalue weighted by atomic mass is 16.6. The molecule has 10 aromatic rings. The molecule has 0 spiro atoms. The maximum absolute atomic E-state index is 6.90. The molecule has 61 heavy (non-hydrogen) atoms. The molecule has 1 aliphatic carbocycles. The van der Waals surface area contributed by atoms with Crippen LogP contribution in [-0.2, 0) is 5.41 Å². The van der Waals surface area contributed by atoms with Gasteiger partial charge in [-0.3, -0.25) is 0 Å². The summed E-state index contributed by atoms with van der Waals surface area (Å²) in [5.74, 6) is 4.57. The third-order valence-corrected chi connectivity index (χ3v) is 12.1. The van der Waals surface area contributed by atoms with E-state index in [0.717, 1.165) is 44.2 Å². The number of aromatic nitrogens is 3. The summed E-state index contributed by atoms with van der Waals surface area (Å²) >= 11 is 0. The van der Waals surface area contributed by atoms with Crippen molar-refractivity contribution in [1.29, 1.82) is 0 Å². The van der Waals surface area contributed by atoms with Crippen molar-refractivity contribution in [2.45, 2.75) is 5.41 Å². The van der Waals surface area contributed by atoms with Crippen molar-refractivity contribution >= 4 is 10.8 Å². The lowest BCUT2D eigenvalue weighted by Crippen LogP contribution is -2.28. The van der Waals surface area contributed by atoms with Crippen LogP contribution in [0.25, 0.3) is 67.2 Å². The Morgan fingerprint density at radius 2 is 0.869 bits per heavy atom. The minimum absolute atomic E-state index is 0.535. The van der Waals surface area contributed by atoms with Crippen molar-refractivity contribution in [3.63, 3.8) is 0 Å². The predicted octanol–water partition coefficient (Wildman–Crippen LogP) is 14.0. The van der Waals surface area contributed by atoms with E-state index in [1.807, 2.05) is 48.5 Å². The molecule has 1 aromatic heterocycles. The molecule has 0 atom stereocenters. The van der Waals surface area contributed by atoms with Crippen molar-refractivity contribution < 1.29 is 9.47 Å². The number of benzene rings is 9. The van der Waals surface area contributed by atoms with Crippen molar-refractivity contribution in [3.8, 4) is 79.4 Å². The monoisotopic (exact) mass is 781 g/mol. The molecule has 0 N–H and O–H groups in total. The van der Waals surface area contributed by atoms with Crippen LogP contribution in [0.2, 0.25) is 0 Å². The molecule has 0 saturated carbocycles. The number of nitrogens with zero attached hydrogens (tertiary/aromatic N) is 3. The number of hydrogen-bond donors (Lipinski definition) is 0. The Balaban J connectivity index is 0.937. The molecule has 286 valence electrons. The Bertz CT molecular complexity index is 3250. The second kappa shape index (κ2) is 14.0. The number of para-hydroxylation sites is 1. The van der Waals surface area contributed by atoms with E-state index < -0.39 is 5.41 Å². The minimum atomic E-state index is -0.535. The van der Waals surface area contributed by atoms with Crippen LogP contribution in [0, 0.1) is 0 Å². The summed E-state index contributed by atoms with van der Waals surface area (Å²) in [6.07, 6.45) is 0. The van der Waals surface area contributed by atoms with Crippen LogP contribution in [0.15, 0.2) is 212 Å². The minimum Gasteiger partial charge on any atom is -0.449 e. The van der Waals surface area contributed by atoms with Gasteiger partial charge in [-0.05, 0) is 67.9 Å². The summed E-state index contributed by atoms with van der Waals surface area (Å²) in [4.78, 5) is 15.1. The predicted molar refractivity (Wildman–Crippen MR) is 243 cm³/mol. The zero-order chi connectivity index (χ0) is 40.3. The van der Waals surface area contributed by atoms with Crippen LogP contribution in [0.5, 0.6) is 23.0 Å². The summed E-state index contributed by atoms with van der Waals surface area (Å²) < 4.78 is 13.7. The van der Waals surface area contributed by atoms with E-state index in [0.29, 0.717) is 40.5 Å². The van der Waals surface area contributed by atoms with Gasteiger partial charge in [-0.15, -0.1) is 0 Å². The Kier molecular flexibility index (Phi) is 8.00. The van der Waals surface area contributed by atoms with Gasteiger partial charge in [0, 0.05) is 22.3 Å². The van der Waals surface area contributed by atoms with Gasteiger partial charge in [-0.25, -0.2) is 15.0 Å². The maximum atomic E-state index is 6.90. The third kappa shape index (κ3) is 5.59. The van der Waals surface area contributed by atoms with Gasteiger partial charge in [0.1, 0.15) is 0 Å². The first-order chi connectivity index (χ1) is 30.2. The first-order valence-corrected chi connectivity index (χ1v) is 20.5. The second-order valence-corrected chi connectivity index (χ2v) is 15.5. The SMILES string of the molecule is c1ccc(-c2nc(-c3ccc(-c4cccc5c4Oc4cc6c(cc4O5)C(c4ccccc4)(c4ccccc4)c4ccccc4-6)cc3)nc(-c3cccc4ccccc34)n2)cc1. The Labute approximate surface area is 353 Å². The topological polar surface area (TPSA) is 57.1 Å². The first kappa shape index (κ1) is 34.9. The quantitative estimate of drug-likeness (QED) is 0.168. The smallest absolute Gasteiger partial charge is 0.177 e. The van der Waals surface area contributed by atoms with Gasteiger partial charge in [-0.1, -0.05) is 194 Å². The number of rotatable bonds is 6. The lowest BCUT2D eigenvalue weighted by molar-refractivity contribution is 0.360. The van der Waals surface area contributed by atoms with E-state index in [4.69, 9.17) is 24.4 Å². The molecule has 0 radical (unpaired) electrons. The molecule has 0 saturated heterocycles. The molecule has 2 aliphatic rings. The lowest BCUT2D eigenvalue weighted by atomic mass is 9.67. The summed E-state index contributed by atoms with van der Waals surface area (Å²) in [5, 5.41) is 2.23. The highest BCUT2D eigenvalue weighted by Crippen LogP contribution is 2.60. The van der Waals surface area contributed by atoms with E-state index in [9.17, 15) is 0 Å². The van der Waals surface area contributed by atoms with Crippen molar-refractivity contribution in [2.24, 2.45) is 0 Å². The molecule has 0 unspecified atom stereocenters. The van der Waals surface area contributed by atoms with Crippen molar-refractivity contribution in [2.75, 3.05) is 0 Å².